The second-order valence-electron chi connectivity index (χ2n) is 2.94. The van der Waals surface area contributed by atoms with Crippen LogP contribution in [0.25, 0.3) is 0 Å². The Morgan fingerprint density at radius 1 is 1.46 bits per heavy atom. The predicted molar refractivity (Wildman–Crippen MR) is 46.5 cm³/mol. The van der Waals surface area contributed by atoms with E-state index in [2.05, 4.69) is 0 Å². The Kier molecular flexibility index (Phi) is 1.87. The summed E-state index contributed by atoms with van der Waals surface area (Å²) in [5.74, 6) is 0. The zero-order valence-corrected chi connectivity index (χ0v) is 7.62. The Morgan fingerprint density at radius 3 is 2.69 bits per heavy atom. The highest BCUT2D eigenvalue weighted by Gasteiger charge is 2.25. The van der Waals surface area contributed by atoms with Gasteiger partial charge in [0.25, 0.3) is 0 Å². The molecule has 0 amide bonds. The van der Waals surface area contributed by atoms with E-state index in [0.29, 0.717) is 6.61 Å². The van der Waals surface area contributed by atoms with Crippen LogP contribution in [0.15, 0.2) is 29.2 Å². The van der Waals surface area contributed by atoms with Crippen LogP contribution in [-0.2, 0) is 14.8 Å². The SMILES string of the molecule is NS(=O)(=O)c1cccc(C2CO2)c1. The third-order valence-electron chi connectivity index (χ3n) is 1.89. The first-order valence-electron chi connectivity index (χ1n) is 3.82. The number of hydrogen-bond acceptors (Lipinski definition) is 3. The minimum Gasteiger partial charge on any atom is -0.368 e. The van der Waals surface area contributed by atoms with Crippen LogP contribution in [0.4, 0.5) is 0 Å². The van der Waals surface area contributed by atoms with Crippen LogP contribution in [-0.4, -0.2) is 15.0 Å². The molecule has 4 nitrogen and oxygen atoms in total. The number of ether oxygens (including phenoxy) is 1. The van der Waals surface area contributed by atoms with Crippen LogP contribution in [0.5, 0.6) is 0 Å². The van der Waals surface area contributed by atoms with Gasteiger partial charge in [0.15, 0.2) is 0 Å². The van der Waals surface area contributed by atoms with Gasteiger partial charge in [-0.25, -0.2) is 13.6 Å². The molecule has 0 aliphatic carbocycles. The van der Waals surface area contributed by atoms with Crippen molar-refractivity contribution in [2.24, 2.45) is 5.14 Å². The highest BCUT2D eigenvalue weighted by Crippen LogP contribution is 2.30. The van der Waals surface area contributed by atoms with Crippen LogP contribution in [0.1, 0.15) is 11.7 Å². The summed E-state index contributed by atoms with van der Waals surface area (Å²) in [6, 6.07) is 6.51. The van der Waals surface area contributed by atoms with Gasteiger partial charge in [0.1, 0.15) is 6.10 Å². The summed E-state index contributed by atoms with van der Waals surface area (Å²) >= 11 is 0. The van der Waals surface area contributed by atoms with Crippen molar-refractivity contribution in [1.82, 2.24) is 0 Å². The van der Waals surface area contributed by atoms with E-state index in [1.165, 1.54) is 6.07 Å². The van der Waals surface area contributed by atoms with Crippen LogP contribution in [0.2, 0.25) is 0 Å². The molecule has 1 saturated heterocycles. The molecule has 0 bridgehead atoms. The summed E-state index contributed by atoms with van der Waals surface area (Å²) in [7, 11) is -3.59. The van der Waals surface area contributed by atoms with E-state index in [0.717, 1.165) is 5.56 Å². The number of nitrogens with two attached hydrogens (primary N) is 1. The molecule has 2 rings (SSSR count). The first-order valence-corrected chi connectivity index (χ1v) is 5.36. The predicted octanol–water partition coefficient (Wildman–Crippen LogP) is 0.405. The zero-order valence-electron chi connectivity index (χ0n) is 6.80. The molecule has 0 radical (unpaired) electrons. The van der Waals surface area contributed by atoms with Gasteiger partial charge in [0.2, 0.25) is 10.0 Å². The van der Waals surface area contributed by atoms with E-state index in [1.54, 1.807) is 12.1 Å². The second kappa shape index (κ2) is 2.80. The fourth-order valence-electron chi connectivity index (χ4n) is 1.13. The number of epoxide rings is 1. The number of rotatable bonds is 2. The molecule has 2 N–H and O–H groups in total. The molecule has 70 valence electrons. The molecule has 1 aliphatic heterocycles. The molecule has 13 heavy (non-hydrogen) atoms. The fraction of sp³-hybridized carbons (Fsp3) is 0.250. The van der Waals surface area contributed by atoms with Gasteiger partial charge in [-0.15, -0.1) is 0 Å². The summed E-state index contributed by atoms with van der Waals surface area (Å²) in [4.78, 5) is 0.139. The molecule has 5 heteroatoms. The van der Waals surface area contributed by atoms with E-state index < -0.39 is 10.0 Å². The molecule has 1 aromatic carbocycles. The molecule has 0 saturated carbocycles. The summed E-state index contributed by atoms with van der Waals surface area (Å²) in [6.07, 6.45) is 0.0571. The largest absolute Gasteiger partial charge is 0.368 e. The topological polar surface area (TPSA) is 72.7 Å². The summed E-state index contributed by atoms with van der Waals surface area (Å²) < 4.78 is 27.0. The first-order chi connectivity index (χ1) is 6.07. The van der Waals surface area contributed by atoms with Gasteiger partial charge in [0.05, 0.1) is 11.5 Å². The van der Waals surface area contributed by atoms with E-state index >= 15 is 0 Å². The Bertz CT molecular complexity index is 423. The van der Waals surface area contributed by atoms with Crippen LogP contribution < -0.4 is 5.14 Å². The highest BCUT2D eigenvalue weighted by molar-refractivity contribution is 7.89. The Balaban J connectivity index is 2.43. The minimum atomic E-state index is -3.59. The molecular weight excluding hydrogens is 190 g/mol. The maximum atomic E-state index is 11.0. The lowest BCUT2D eigenvalue weighted by atomic mass is 10.2. The van der Waals surface area contributed by atoms with Crippen molar-refractivity contribution in [3.63, 3.8) is 0 Å². The van der Waals surface area contributed by atoms with Crippen molar-refractivity contribution in [3.05, 3.63) is 29.8 Å². The molecule has 0 spiro atoms. The average molecular weight is 199 g/mol. The van der Waals surface area contributed by atoms with Crippen molar-refractivity contribution in [2.45, 2.75) is 11.0 Å². The van der Waals surface area contributed by atoms with Crippen LogP contribution in [0.3, 0.4) is 0 Å². The van der Waals surface area contributed by atoms with Gasteiger partial charge >= 0.3 is 0 Å². The average Bonchev–Trinajstić information content (AvgIpc) is 2.85. The van der Waals surface area contributed by atoms with Crippen LogP contribution >= 0.6 is 0 Å². The lowest BCUT2D eigenvalue weighted by Gasteiger charge is -1.99. The quantitative estimate of drug-likeness (QED) is 0.701. The molecule has 1 aliphatic rings. The van der Waals surface area contributed by atoms with E-state index in [1.807, 2.05) is 6.07 Å². The summed E-state index contributed by atoms with van der Waals surface area (Å²) in [5, 5.41) is 4.98. The maximum Gasteiger partial charge on any atom is 0.238 e. The molecule has 1 atom stereocenters. The fourth-order valence-corrected chi connectivity index (χ4v) is 1.70. The highest BCUT2D eigenvalue weighted by atomic mass is 32.2. The number of sulfonamides is 1. The number of benzene rings is 1. The summed E-state index contributed by atoms with van der Waals surface area (Å²) in [5.41, 5.74) is 0.867. The Hall–Kier alpha value is -0.910. The van der Waals surface area contributed by atoms with Crippen LogP contribution in [0, 0.1) is 0 Å². The molecule has 0 aromatic heterocycles. The lowest BCUT2D eigenvalue weighted by Crippen LogP contribution is -2.12. The van der Waals surface area contributed by atoms with Crippen molar-refractivity contribution in [1.29, 1.82) is 0 Å². The monoisotopic (exact) mass is 199 g/mol. The Labute approximate surface area is 76.4 Å². The van der Waals surface area contributed by atoms with Gasteiger partial charge < -0.3 is 4.74 Å². The molecule has 1 heterocycles. The van der Waals surface area contributed by atoms with E-state index in [9.17, 15) is 8.42 Å². The smallest absolute Gasteiger partial charge is 0.238 e. The van der Waals surface area contributed by atoms with E-state index in [4.69, 9.17) is 9.88 Å². The van der Waals surface area contributed by atoms with Crippen molar-refractivity contribution >= 4 is 10.0 Å². The van der Waals surface area contributed by atoms with Gasteiger partial charge in [-0.1, -0.05) is 12.1 Å². The molecular formula is C8H9NO3S. The van der Waals surface area contributed by atoms with E-state index in [-0.39, 0.29) is 11.0 Å². The molecule has 1 aromatic rings. The third kappa shape index (κ3) is 1.88. The third-order valence-corrected chi connectivity index (χ3v) is 2.80. The first kappa shape index (κ1) is 8.68. The normalized spacial score (nSPS) is 21.5. The molecule has 1 unspecified atom stereocenters. The zero-order chi connectivity index (χ0) is 9.47. The van der Waals surface area contributed by atoms with Gasteiger partial charge in [-0.05, 0) is 17.7 Å². The van der Waals surface area contributed by atoms with Crippen molar-refractivity contribution in [3.8, 4) is 0 Å². The Morgan fingerprint density at radius 2 is 2.15 bits per heavy atom. The molecule has 1 fully saturated rings. The minimum absolute atomic E-state index is 0.0571. The second-order valence-corrected chi connectivity index (χ2v) is 4.50. The van der Waals surface area contributed by atoms with Crippen molar-refractivity contribution < 1.29 is 13.2 Å². The van der Waals surface area contributed by atoms with Gasteiger partial charge in [0, 0.05) is 0 Å². The van der Waals surface area contributed by atoms with Crippen molar-refractivity contribution in [2.75, 3.05) is 6.61 Å². The number of primary sulfonamides is 1. The number of hydrogen-bond donors (Lipinski definition) is 1. The maximum absolute atomic E-state index is 11.0. The lowest BCUT2D eigenvalue weighted by molar-refractivity contribution is 0.415. The van der Waals surface area contributed by atoms with Gasteiger partial charge in [-0.2, -0.15) is 0 Å². The van der Waals surface area contributed by atoms with Gasteiger partial charge in [-0.3, -0.25) is 0 Å². The summed E-state index contributed by atoms with van der Waals surface area (Å²) in [6.45, 7) is 0.661. The standard InChI is InChI=1S/C8H9NO3S/c9-13(10,11)7-3-1-2-6(4-7)8-5-12-8/h1-4,8H,5H2,(H2,9,10,11).